The molecule has 1 saturated heterocycles. The Hall–Kier alpha value is -2.43. The van der Waals surface area contributed by atoms with Gasteiger partial charge in [0.25, 0.3) is 0 Å². The normalized spacial score (nSPS) is 18.5. The Bertz CT molecular complexity index is 737. The summed E-state index contributed by atoms with van der Waals surface area (Å²) < 4.78 is 2.00. The minimum Gasteiger partial charge on any atom is -0.350 e. The molecule has 0 bridgehead atoms. The lowest BCUT2D eigenvalue weighted by molar-refractivity contribution is 0.507. The molecular formula is C16H17N5. The van der Waals surface area contributed by atoms with Crippen LogP contribution < -0.4 is 4.90 Å². The molecule has 3 heterocycles. The Morgan fingerprint density at radius 2 is 2.05 bits per heavy atom. The summed E-state index contributed by atoms with van der Waals surface area (Å²) >= 11 is 0. The van der Waals surface area contributed by atoms with Crippen LogP contribution in [0.2, 0.25) is 0 Å². The summed E-state index contributed by atoms with van der Waals surface area (Å²) in [7, 11) is 0. The fourth-order valence-electron chi connectivity index (χ4n) is 3.04. The predicted octanol–water partition coefficient (Wildman–Crippen LogP) is 2.50. The van der Waals surface area contributed by atoms with Gasteiger partial charge in [-0.2, -0.15) is 5.10 Å². The molecule has 1 aliphatic rings. The van der Waals surface area contributed by atoms with Gasteiger partial charge in [-0.05, 0) is 31.0 Å². The minimum absolute atomic E-state index is 0.445. The lowest BCUT2D eigenvalue weighted by atomic mass is 10.2. The predicted molar refractivity (Wildman–Crippen MR) is 82.1 cm³/mol. The van der Waals surface area contributed by atoms with Crippen molar-refractivity contribution in [3.05, 3.63) is 48.9 Å². The minimum atomic E-state index is 0.445. The van der Waals surface area contributed by atoms with Gasteiger partial charge in [-0.3, -0.25) is 9.67 Å². The molecule has 21 heavy (non-hydrogen) atoms. The smallest absolute Gasteiger partial charge is 0.148 e. The lowest BCUT2D eigenvalue weighted by Gasteiger charge is -2.25. The Labute approximate surface area is 123 Å². The van der Waals surface area contributed by atoms with Crippen LogP contribution in [0.15, 0.2) is 48.9 Å². The van der Waals surface area contributed by atoms with Crippen LogP contribution in [0.5, 0.6) is 0 Å². The summed E-state index contributed by atoms with van der Waals surface area (Å²) in [5.74, 6) is 0.975. The van der Waals surface area contributed by atoms with Gasteiger partial charge in [0, 0.05) is 18.9 Å². The third-order valence-electron chi connectivity index (χ3n) is 4.06. The summed E-state index contributed by atoms with van der Waals surface area (Å²) in [5.41, 5.74) is 1.91. The molecule has 106 valence electrons. The van der Waals surface area contributed by atoms with Crippen LogP contribution in [0.3, 0.4) is 0 Å². The van der Waals surface area contributed by atoms with Gasteiger partial charge in [0.15, 0.2) is 0 Å². The zero-order chi connectivity index (χ0) is 14.1. The maximum absolute atomic E-state index is 4.77. The number of fused-ring (bicyclic) bond motifs is 1. The van der Waals surface area contributed by atoms with Gasteiger partial charge < -0.3 is 4.90 Å². The third kappa shape index (κ3) is 2.35. The van der Waals surface area contributed by atoms with Crippen LogP contribution in [-0.2, 0) is 6.54 Å². The number of nitrogens with zero attached hydrogens (tertiary/aromatic N) is 5. The monoisotopic (exact) mass is 279 g/mol. The first kappa shape index (κ1) is 12.3. The molecule has 0 amide bonds. The second-order valence-corrected chi connectivity index (χ2v) is 5.43. The first-order chi connectivity index (χ1) is 10.4. The number of para-hydroxylation sites is 2. The van der Waals surface area contributed by atoms with E-state index in [0.717, 1.165) is 29.9 Å². The molecule has 0 saturated carbocycles. The molecule has 5 heteroatoms. The highest BCUT2D eigenvalue weighted by molar-refractivity contribution is 5.75. The summed E-state index contributed by atoms with van der Waals surface area (Å²) in [4.78, 5) is 11.7. The van der Waals surface area contributed by atoms with Gasteiger partial charge in [-0.1, -0.05) is 12.1 Å². The lowest BCUT2D eigenvalue weighted by Crippen LogP contribution is -2.33. The van der Waals surface area contributed by atoms with Crippen molar-refractivity contribution in [2.24, 2.45) is 0 Å². The summed E-state index contributed by atoms with van der Waals surface area (Å²) in [6.07, 6.45) is 8.11. The zero-order valence-electron chi connectivity index (χ0n) is 11.8. The van der Waals surface area contributed by atoms with Gasteiger partial charge >= 0.3 is 0 Å². The third-order valence-corrected chi connectivity index (χ3v) is 4.06. The van der Waals surface area contributed by atoms with Crippen molar-refractivity contribution in [1.82, 2.24) is 19.7 Å². The second-order valence-electron chi connectivity index (χ2n) is 5.43. The van der Waals surface area contributed by atoms with E-state index in [1.807, 2.05) is 53.6 Å². The quantitative estimate of drug-likeness (QED) is 0.739. The molecule has 0 unspecified atom stereocenters. The standard InChI is InChI=1S/C16H17N5/c1-2-7-15-14(6-1)17-11-16(19-15)21-10-3-5-13(21)12-20-9-4-8-18-20/h1-2,4,6-9,11,13H,3,5,10,12H2/t13-/m1/s1. The van der Waals surface area contributed by atoms with Crippen LogP contribution in [0.4, 0.5) is 5.82 Å². The van der Waals surface area contributed by atoms with Gasteiger partial charge in [0.2, 0.25) is 0 Å². The van der Waals surface area contributed by atoms with Crippen LogP contribution in [0.25, 0.3) is 11.0 Å². The second kappa shape index (κ2) is 5.16. The van der Waals surface area contributed by atoms with Crippen molar-refractivity contribution < 1.29 is 0 Å². The fourth-order valence-corrected chi connectivity index (χ4v) is 3.04. The topological polar surface area (TPSA) is 46.8 Å². The molecule has 0 aliphatic carbocycles. The number of anilines is 1. The number of rotatable bonds is 3. The molecule has 0 radical (unpaired) electrons. The van der Waals surface area contributed by atoms with E-state index in [4.69, 9.17) is 4.98 Å². The number of hydrogen-bond acceptors (Lipinski definition) is 4. The van der Waals surface area contributed by atoms with Crippen LogP contribution in [0.1, 0.15) is 12.8 Å². The van der Waals surface area contributed by atoms with E-state index in [2.05, 4.69) is 15.0 Å². The van der Waals surface area contributed by atoms with E-state index in [9.17, 15) is 0 Å². The maximum Gasteiger partial charge on any atom is 0.148 e. The van der Waals surface area contributed by atoms with Crippen LogP contribution >= 0.6 is 0 Å². The highest BCUT2D eigenvalue weighted by Crippen LogP contribution is 2.25. The average molecular weight is 279 g/mol. The van der Waals surface area contributed by atoms with Crippen LogP contribution in [-0.4, -0.2) is 32.3 Å². The van der Waals surface area contributed by atoms with Gasteiger partial charge in [-0.25, -0.2) is 4.98 Å². The molecule has 1 aliphatic heterocycles. The van der Waals surface area contributed by atoms with Crippen molar-refractivity contribution in [3.63, 3.8) is 0 Å². The number of hydrogen-bond donors (Lipinski definition) is 0. The van der Waals surface area contributed by atoms with Gasteiger partial charge in [0.1, 0.15) is 5.82 Å². The highest BCUT2D eigenvalue weighted by Gasteiger charge is 2.26. The Balaban J connectivity index is 1.63. The van der Waals surface area contributed by atoms with Crippen molar-refractivity contribution >= 4 is 16.9 Å². The van der Waals surface area contributed by atoms with Crippen molar-refractivity contribution in [3.8, 4) is 0 Å². The molecule has 2 aromatic heterocycles. The van der Waals surface area contributed by atoms with E-state index in [0.29, 0.717) is 6.04 Å². The molecule has 0 N–H and O–H groups in total. The van der Waals surface area contributed by atoms with E-state index >= 15 is 0 Å². The Kier molecular flexibility index (Phi) is 3.03. The van der Waals surface area contributed by atoms with E-state index in [1.165, 1.54) is 12.8 Å². The SMILES string of the molecule is c1ccc2nc(N3CCC[C@@H]3Cn3cccn3)cnc2c1. The average Bonchev–Trinajstić information content (AvgIpc) is 3.19. The molecule has 4 rings (SSSR count). The Morgan fingerprint density at radius 1 is 1.14 bits per heavy atom. The van der Waals surface area contributed by atoms with Crippen molar-refractivity contribution in [2.45, 2.75) is 25.4 Å². The summed E-state index contributed by atoms with van der Waals surface area (Å²) in [5, 5.41) is 4.31. The molecule has 1 fully saturated rings. The highest BCUT2D eigenvalue weighted by atomic mass is 15.3. The zero-order valence-corrected chi connectivity index (χ0v) is 11.8. The largest absolute Gasteiger partial charge is 0.350 e. The summed E-state index contributed by atoms with van der Waals surface area (Å²) in [6, 6.07) is 10.4. The molecule has 3 aromatic rings. The van der Waals surface area contributed by atoms with Gasteiger partial charge in [0.05, 0.1) is 29.8 Å². The number of benzene rings is 1. The molecule has 1 aromatic carbocycles. The van der Waals surface area contributed by atoms with E-state index in [-0.39, 0.29) is 0 Å². The van der Waals surface area contributed by atoms with Gasteiger partial charge in [-0.15, -0.1) is 0 Å². The fraction of sp³-hybridized carbons (Fsp3) is 0.312. The first-order valence-electron chi connectivity index (χ1n) is 7.36. The van der Waals surface area contributed by atoms with Crippen molar-refractivity contribution in [1.29, 1.82) is 0 Å². The maximum atomic E-state index is 4.77. The molecular weight excluding hydrogens is 262 g/mol. The van der Waals surface area contributed by atoms with E-state index in [1.54, 1.807) is 0 Å². The summed E-state index contributed by atoms with van der Waals surface area (Å²) in [6.45, 7) is 1.94. The molecule has 5 nitrogen and oxygen atoms in total. The number of aromatic nitrogens is 4. The Morgan fingerprint density at radius 3 is 2.90 bits per heavy atom. The van der Waals surface area contributed by atoms with Crippen molar-refractivity contribution in [2.75, 3.05) is 11.4 Å². The molecule has 0 spiro atoms. The molecule has 1 atom stereocenters. The van der Waals surface area contributed by atoms with Crippen LogP contribution in [0, 0.1) is 0 Å². The first-order valence-corrected chi connectivity index (χ1v) is 7.36. The van der Waals surface area contributed by atoms with E-state index < -0.39 is 0 Å².